The van der Waals surface area contributed by atoms with Crippen LogP contribution in [0.4, 0.5) is 0 Å². The fourth-order valence-corrected chi connectivity index (χ4v) is 4.79. The van der Waals surface area contributed by atoms with Crippen LogP contribution in [0.15, 0.2) is 77.8 Å². The Morgan fingerprint density at radius 2 is 1.72 bits per heavy atom. The van der Waals surface area contributed by atoms with Crippen molar-refractivity contribution in [3.8, 4) is 22.9 Å². The second-order valence-electron chi connectivity index (χ2n) is 8.03. The largest absolute Gasteiger partial charge is 0.493 e. The molecule has 0 fully saturated rings. The molecule has 5 aromatic rings. The summed E-state index contributed by atoms with van der Waals surface area (Å²) in [6.07, 6.45) is 0.680. The molecule has 3 aromatic carbocycles. The molecule has 0 saturated heterocycles. The van der Waals surface area contributed by atoms with Gasteiger partial charge in [0, 0.05) is 12.1 Å². The number of thioether (sulfide) groups is 1. The third-order valence-electron chi connectivity index (χ3n) is 5.75. The Hall–Kier alpha value is -4.11. The van der Waals surface area contributed by atoms with E-state index < -0.39 is 0 Å². The number of hydrogen-bond donors (Lipinski definition) is 1. The van der Waals surface area contributed by atoms with Crippen molar-refractivity contribution in [3.63, 3.8) is 0 Å². The Bertz CT molecular complexity index is 1520. The zero-order chi connectivity index (χ0) is 24.9. The first kappa shape index (κ1) is 23.6. The van der Waals surface area contributed by atoms with Crippen molar-refractivity contribution >= 4 is 34.3 Å². The molecule has 9 heteroatoms. The van der Waals surface area contributed by atoms with Crippen LogP contribution >= 0.6 is 11.8 Å². The van der Waals surface area contributed by atoms with Gasteiger partial charge in [-0.05, 0) is 36.2 Å². The van der Waals surface area contributed by atoms with E-state index in [0.717, 1.165) is 28.0 Å². The van der Waals surface area contributed by atoms with E-state index in [4.69, 9.17) is 14.5 Å². The maximum atomic E-state index is 12.6. The molecule has 0 bridgehead atoms. The zero-order valence-electron chi connectivity index (χ0n) is 20.0. The van der Waals surface area contributed by atoms with Gasteiger partial charge in [0.1, 0.15) is 5.03 Å². The number of benzene rings is 3. The van der Waals surface area contributed by atoms with Crippen LogP contribution in [0.25, 0.3) is 28.1 Å². The van der Waals surface area contributed by atoms with Crippen LogP contribution in [-0.4, -0.2) is 52.0 Å². The van der Waals surface area contributed by atoms with E-state index in [9.17, 15) is 4.79 Å². The topological polar surface area (TPSA) is 90.6 Å². The third-order valence-corrected chi connectivity index (χ3v) is 6.71. The molecular weight excluding hydrogens is 474 g/mol. The van der Waals surface area contributed by atoms with Crippen molar-refractivity contribution in [2.45, 2.75) is 11.4 Å². The second-order valence-corrected chi connectivity index (χ2v) is 9.00. The van der Waals surface area contributed by atoms with Crippen molar-refractivity contribution in [3.05, 3.63) is 78.4 Å². The van der Waals surface area contributed by atoms with Crippen molar-refractivity contribution in [1.29, 1.82) is 0 Å². The Labute approximate surface area is 212 Å². The minimum Gasteiger partial charge on any atom is -0.493 e. The van der Waals surface area contributed by atoms with Gasteiger partial charge in [0.2, 0.25) is 5.91 Å². The average molecular weight is 500 g/mol. The van der Waals surface area contributed by atoms with Crippen LogP contribution in [0.3, 0.4) is 0 Å². The van der Waals surface area contributed by atoms with Crippen LogP contribution in [0.1, 0.15) is 5.56 Å². The maximum Gasteiger partial charge on any atom is 0.230 e. The van der Waals surface area contributed by atoms with Crippen LogP contribution in [-0.2, 0) is 11.2 Å². The molecule has 2 heterocycles. The number of para-hydroxylation sites is 2. The first-order chi connectivity index (χ1) is 17.7. The number of fused-ring (bicyclic) bond motifs is 3. The minimum atomic E-state index is -0.0728. The van der Waals surface area contributed by atoms with Crippen LogP contribution < -0.4 is 14.8 Å². The van der Waals surface area contributed by atoms with Gasteiger partial charge in [0.25, 0.3) is 0 Å². The molecule has 1 N–H and O–H groups in total. The van der Waals surface area contributed by atoms with Crippen molar-refractivity contribution in [2.75, 3.05) is 26.5 Å². The van der Waals surface area contributed by atoms with Crippen molar-refractivity contribution < 1.29 is 14.3 Å². The Kier molecular flexibility index (Phi) is 6.99. The minimum absolute atomic E-state index is 0.0728. The normalized spacial score (nSPS) is 11.1. The number of carbonyl (C=O) groups is 1. The third kappa shape index (κ3) is 4.83. The number of ether oxygens (including phenoxy) is 2. The highest BCUT2D eigenvalue weighted by Crippen LogP contribution is 2.29. The van der Waals surface area contributed by atoms with Gasteiger partial charge < -0.3 is 14.8 Å². The lowest BCUT2D eigenvalue weighted by Gasteiger charge is -2.10. The Morgan fingerprint density at radius 3 is 2.53 bits per heavy atom. The number of rotatable bonds is 9. The summed E-state index contributed by atoms with van der Waals surface area (Å²) in [4.78, 5) is 17.4. The molecule has 8 nitrogen and oxygen atoms in total. The summed E-state index contributed by atoms with van der Waals surface area (Å²) >= 11 is 1.36. The average Bonchev–Trinajstić information content (AvgIpc) is 3.38. The van der Waals surface area contributed by atoms with Gasteiger partial charge in [0.05, 0.1) is 31.0 Å². The maximum absolute atomic E-state index is 12.6. The summed E-state index contributed by atoms with van der Waals surface area (Å²) in [5.41, 5.74) is 4.38. The lowest BCUT2D eigenvalue weighted by atomic mass is 10.1. The summed E-state index contributed by atoms with van der Waals surface area (Å²) in [6.45, 7) is 0.512. The molecule has 0 aliphatic carbocycles. The summed E-state index contributed by atoms with van der Waals surface area (Å²) < 4.78 is 12.6. The number of aromatic nitrogens is 4. The standard InChI is InChI=1S/C27H25N5O3S/c1-34-22-13-12-18(16-23(22)35-2)14-15-28-24(33)17-36-27-26-31-30-25(19-8-4-3-5-9-19)32(26)21-11-7-6-10-20(21)29-27/h3-13,16H,14-15,17H2,1-2H3,(H,28,33). The van der Waals surface area contributed by atoms with Gasteiger partial charge in [-0.15, -0.1) is 10.2 Å². The zero-order valence-corrected chi connectivity index (χ0v) is 20.8. The number of nitrogens with zero attached hydrogens (tertiary/aromatic N) is 4. The molecule has 2 aromatic heterocycles. The summed E-state index contributed by atoms with van der Waals surface area (Å²) in [7, 11) is 3.21. The van der Waals surface area contributed by atoms with Gasteiger partial charge in [0.15, 0.2) is 23.0 Å². The molecule has 0 unspecified atom stereocenters. The second kappa shape index (κ2) is 10.7. The van der Waals surface area contributed by atoms with Crippen LogP contribution in [0.2, 0.25) is 0 Å². The van der Waals surface area contributed by atoms with E-state index in [0.29, 0.717) is 35.1 Å². The lowest BCUT2D eigenvalue weighted by molar-refractivity contribution is -0.118. The highest BCUT2D eigenvalue weighted by molar-refractivity contribution is 8.00. The molecule has 0 atom stereocenters. The number of hydrogen-bond acceptors (Lipinski definition) is 7. The predicted molar refractivity (Wildman–Crippen MR) is 141 cm³/mol. The van der Waals surface area contributed by atoms with E-state index in [1.54, 1.807) is 14.2 Å². The first-order valence-electron chi connectivity index (χ1n) is 11.5. The van der Waals surface area contributed by atoms with Gasteiger partial charge in [-0.2, -0.15) is 0 Å². The Balaban J connectivity index is 1.30. The van der Waals surface area contributed by atoms with Crippen LogP contribution in [0, 0.1) is 0 Å². The number of amides is 1. The lowest BCUT2D eigenvalue weighted by Crippen LogP contribution is -2.27. The molecule has 5 rings (SSSR count). The molecule has 0 saturated carbocycles. The number of nitrogens with one attached hydrogen (secondary N) is 1. The number of carbonyl (C=O) groups excluding carboxylic acids is 1. The summed E-state index contributed by atoms with van der Waals surface area (Å²) in [5.74, 6) is 2.24. The van der Waals surface area contributed by atoms with Gasteiger partial charge in [-0.25, -0.2) is 4.98 Å². The van der Waals surface area contributed by atoms with E-state index in [2.05, 4.69) is 15.5 Å². The first-order valence-corrected chi connectivity index (χ1v) is 12.5. The smallest absolute Gasteiger partial charge is 0.230 e. The van der Waals surface area contributed by atoms with Gasteiger partial charge in [-0.3, -0.25) is 9.20 Å². The van der Waals surface area contributed by atoms with Gasteiger partial charge in [-0.1, -0.05) is 60.3 Å². The van der Waals surface area contributed by atoms with E-state index in [-0.39, 0.29) is 11.7 Å². The van der Waals surface area contributed by atoms with E-state index in [1.807, 2.05) is 77.2 Å². The molecular formula is C27H25N5O3S. The molecule has 0 aliphatic heterocycles. The molecule has 0 radical (unpaired) electrons. The van der Waals surface area contributed by atoms with Crippen LogP contribution in [0.5, 0.6) is 11.5 Å². The van der Waals surface area contributed by atoms with Crippen molar-refractivity contribution in [2.24, 2.45) is 0 Å². The quantitative estimate of drug-likeness (QED) is 0.300. The van der Waals surface area contributed by atoms with E-state index in [1.165, 1.54) is 11.8 Å². The monoisotopic (exact) mass is 499 g/mol. The molecule has 36 heavy (non-hydrogen) atoms. The highest BCUT2D eigenvalue weighted by Gasteiger charge is 2.17. The molecule has 0 aliphatic rings. The highest BCUT2D eigenvalue weighted by atomic mass is 32.2. The van der Waals surface area contributed by atoms with Crippen molar-refractivity contribution in [1.82, 2.24) is 24.9 Å². The SMILES string of the molecule is COc1ccc(CCNC(=O)CSc2nc3ccccc3n3c(-c4ccccc4)nnc23)cc1OC. The molecule has 182 valence electrons. The van der Waals surface area contributed by atoms with E-state index >= 15 is 0 Å². The molecule has 0 spiro atoms. The Morgan fingerprint density at radius 1 is 0.944 bits per heavy atom. The fourth-order valence-electron chi connectivity index (χ4n) is 4.00. The number of methoxy groups -OCH3 is 2. The summed E-state index contributed by atoms with van der Waals surface area (Å²) in [6, 6.07) is 23.6. The predicted octanol–water partition coefficient (Wildman–Crippen LogP) is 4.41. The van der Waals surface area contributed by atoms with Gasteiger partial charge >= 0.3 is 0 Å². The molecule has 1 amide bonds. The fraction of sp³-hybridized carbons (Fsp3) is 0.185. The summed E-state index contributed by atoms with van der Waals surface area (Å²) in [5, 5.41) is 12.5.